The number of ether oxygens (including phenoxy) is 2. The third-order valence-corrected chi connectivity index (χ3v) is 6.08. The van der Waals surface area contributed by atoms with Gasteiger partial charge in [-0.3, -0.25) is 0 Å². The van der Waals surface area contributed by atoms with Crippen molar-refractivity contribution >= 4 is 16.7 Å². The number of esters is 1. The first-order chi connectivity index (χ1) is 14.4. The van der Waals surface area contributed by atoms with Crippen LogP contribution in [0.1, 0.15) is 52.0 Å². The second-order valence-electron chi connectivity index (χ2n) is 8.50. The van der Waals surface area contributed by atoms with Crippen LogP contribution in [0.3, 0.4) is 0 Å². The molecule has 0 saturated heterocycles. The number of halogens is 3. The quantitative estimate of drug-likeness (QED) is 0.353. The Morgan fingerprint density at radius 3 is 2.29 bits per heavy atom. The molecule has 2 unspecified atom stereocenters. The Kier molecular flexibility index (Phi) is 6.22. The molecule has 1 aliphatic rings. The molecule has 0 spiro atoms. The number of hydrogen-bond acceptors (Lipinski definition) is 4. The van der Waals surface area contributed by atoms with Crippen molar-refractivity contribution in [2.24, 2.45) is 0 Å². The number of alkyl halides is 3. The average molecular weight is 436 g/mol. The van der Waals surface area contributed by atoms with Crippen molar-refractivity contribution in [3.8, 4) is 5.75 Å². The zero-order valence-corrected chi connectivity index (χ0v) is 17.9. The maximum absolute atomic E-state index is 13.3. The van der Waals surface area contributed by atoms with Crippen LogP contribution in [0.25, 0.3) is 10.8 Å². The Balaban J connectivity index is 1.91. The number of aliphatic hydroxyl groups is 1. The van der Waals surface area contributed by atoms with Gasteiger partial charge in [0.25, 0.3) is 0 Å². The molecule has 1 saturated carbocycles. The second-order valence-corrected chi connectivity index (χ2v) is 8.50. The molecular weight excluding hydrogens is 409 g/mol. The van der Waals surface area contributed by atoms with Gasteiger partial charge in [0.1, 0.15) is 5.75 Å². The first kappa shape index (κ1) is 23.3. The van der Waals surface area contributed by atoms with Gasteiger partial charge in [-0.15, -0.1) is 0 Å². The third-order valence-electron chi connectivity index (χ3n) is 6.08. The lowest BCUT2D eigenvalue weighted by Crippen LogP contribution is -2.53. The smallest absolute Gasteiger partial charge is 0.419 e. The highest BCUT2D eigenvalue weighted by Crippen LogP contribution is 2.46. The number of hydrogen-bond donors (Lipinski definition) is 1. The Bertz CT molecular complexity index is 988. The Hall–Kier alpha value is -2.38. The van der Waals surface area contributed by atoms with Gasteiger partial charge in [0, 0.05) is 5.57 Å². The lowest BCUT2D eigenvalue weighted by atomic mass is 9.88. The van der Waals surface area contributed by atoms with Gasteiger partial charge >= 0.3 is 12.1 Å². The standard InChI is InChI=1S/C24H27F3O4/c1-15(2)21(28)30-20-10-8-17-13-19(9-7-18(17)14-20)23(11-5-6-12-23)31-16(3)22(4,29)24(25,26)27/h7-10,13-14,16,29H,1,5-6,11-12H2,2-4H3. The van der Waals surface area contributed by atoms with Crippen LogP contribution >= 0.6 is 0 Å². The largest absolute Gasteiger partial charge is 0.423 e. The van der Waals surface area contributed by atoms with Crippen molar-refractivity contribution < 1.29 is 32.5 Å². The fourth-order valence-electron chi connectivity index (χ4n) is 3.87. The monoisotopic (exact) mass is 436 g/mol. The van der Waals surface area contributed by atoms with E-state index in [1.165, 1.54) is 6.92 Å². The average Bonchev–Trinajstić information content (AvgIpc) is 3.16. The molecule has 168 valence electrons. The zero-order chi connectivity index (χ0) is 23.0. The van der Waals surface area contributed by atoms with Crippen molar-refractivity contribution in [2.75, 3.05) is 0 Å². The fourth-order valence-corrected chi connectivity index (χ4v) is 3.87. The summed E-state index contributed by atoms with van der Waals surface area (Å²) >= 11 is 0. The Morgan fingerprint density at radius 2 is 1.71 bits per heavy atom. The summed E-state index contributed by atoms with van der Waals surface area (Å²) in [7, 11) is 0. The molecule has 3 rings (SSSR count). The third kappa shape index (κ3) is 4.62. The molecule has 0 heterocycles. The first-order valence-corrected chi connectivity index (χ1v) is 10.2. The van der Waals surface area contributed by atoms with Crippen molar-refractivity contribution in [3.63, 3.8) is 0 Å². The minimum atomic E-state index is -4.80. The predicted molar refractivity (Wildman–Crippen MR) is 112 cm³/mol. The minimum Gasteiger partial charge on any atom is -0.423 e. The molecule has 31 heavy (non-hydrogen) atoms. The molecule has 1 fully saturated rings. The summed E-state index contributed by atoms with van der Waals surface area (Å²) in [5.41, 5.74) is -2.79. The van der Waals surface area contributed by atoms with Crippen LogP contribution in [-0.4, -0.2) is 29.0 Å². The highest BCUT2D eigenvalue weighted by Gasteiger charge is 2.56. The van der Waals surface area contributed by atoms with Crippen molar-refractivity contribution in [1.82, 2.24) is 0 Å². The van der Waals surface area contributed by atoms with Crippen molar-refractivity contribution in [3.05, 3.63) is 54.1 Å². The SMILES string of the molecule is C=C(C)C(=O)Oc1ccc2cc(C3(OC(C)C(C)(O)C(F)(F)F)CCCC3)ccc2c1. The summed E-state index contributed by atoms with van der Waals surface area (Å²) in [6.45, 7) is 7.12. The van der Waals surface area contributed by atoms with E-state index in [4.69, 9.17) is 9.47 Å². The van der Waals surface area contributed by atoms with Gasteiger partial charge in [-0.2, -0.15) is 13.2 Å². The topological polar surface area (TPSA) is 55.8 Å². The van der Waals surface area contributed by atoms with Crippen LogP contribution in [0, 0.1) is 0 Å². The molecule has 0 amide bonds. The van der Waals surface area contributed by atoms with E-state index in [1.54, 1.807) is 25.1 Å². The van der Waals surface area contributed by atoms with E-state index in [0.29, 0.717) is 24.2 Å². The lowest BCUT2D eigenvalue weighted by Gasteiger charge is -2.39. The summed E-state index contributed by atoms with van der Waals surface area (Å²) < 4.78 is 51.1. The lowest BCUT2D eigenvalue weighted by molar-refractivity contribution is -0.300. The maximum atomic E-state index is 13.3. The number of rotatable bonds is 6. The summed E-state index contributed by atoms with van der Waals surface area (Å²) in [5.74, 6) is -0.130. The van der Waals surface area contributed by atoms with E-state index < -0.39 is 29.5 Å². The van der Waals surface area contributed by atoms with Crippen LogP contribution < -0.4 is 4.74 Å². The normalized spacial score (nSPS) is 19.1. The van der Waals surface area contributed by atoms with E-state index in [1.807, 2.05) is 18.2 Å². The summed E-state index contributed by atoms with van der Waals surface area (Å²) in [6.07, 6.45) is -3.43. The Morgan fingerprint density at radius 1 is 1.13 bits per heavy atom. The van der Waals surface area contributed by atoms with E-state index in [2.05, 4.69) is 6.58 Å². The zero-order valence-electron chi connectivity index (χ0n) is 17.9. The molecule has 0 radical (unpaired) electrons. The van der Waals surface area contributed by atoms with Gasteiger partial charge < -0.3 is 14.6 Å². The van der Waals surface area contributed by atoms with Crippen molar-refractivity contribution in [1.29, 1.82) is 0 Å². The number of carbonyl (C=O) groups excluding carboxylic acids is 1. The van der Waals surface area contributed by atoms with E-state index in [-0.39, 0.29) is 0 Å². The van der Waals surface area contributed by atoms with Gasteiger partial charge in [-0.05, 0) is 68.1 Å². The first-order valence-electron chi connectivity index (χ1n) is 10.2. The van der Waals surface area contributed by atoms with Gasteiger partial charge in [0.2, 0.25) is 0 Å². The molecular formula is C24H27F3O4. The van der Waals surface area contributed by atoms with Crippen LogP contribution in [0.4, 0.5) is 13.2 Å². The van der Waals surface area contributed by atoms with Gasteiger partial charge in [-0.25, -0.2) is 4.79 Å². The number of fused-ring (bicyclic) bond motifs is 1. The predicted octanol–water partition coefficient (Wildman–Crippen LogP) is 5.81. The number of carbonyl (C=O) groups is 1. The maximum Gasteiger partial charge on any atom is 0.419 e. The molecule has 1 N–H and O–H groups in total. The molecule has 2 aromatic rings. The second kappa shape index (κ2) is 8.28. The van der Waals surface area contributed by atoms with Crippen LogP contribution in [-0.2, 0) is 15.1 Å². The summed E-state index contributed by atoms with van der Waals surface area (Å²) in [5, 5.41) is 11.7. The van der Waals surface area contributed by atoms with Crippen LogP contribution in [0.15, 0.2) is 48.6 Å². The Labute approximate surface area is 179 Å². The van der Waals surface area contributed by atoms with Gasteiger partial charge in [0.15, 0.2) is 5.60 Å². The minimum absolute atomic E-state index is 0.291. The molecule has 4 nitrogen and oxygen atoms in total. The van der Waals surface area contributed by atoms with Crippen molar-refractivity contribution in [2.45, 2.75) is 69.9 Å². The fraction of sp³-hybridized carbons (Fsp3) is 0.458. The van der Waals surface area contributed by atoms with Gasteiger partial charge in [-0.1, -0.05) is 37.6 Å². The summed E-state index contributed by atoms with van der Waals surface area (Å²) in [4.78, 5) is 11.7. The highest BCUT2D eigenvalue weighted by molar-refractivity contribution is 5.90. The highest BCUT2D eigenvalue weighted by atomic mass is 19.4. The van der Waals surface area contributed by atoms with E-state index in [9.17, 15) is 23.1 Å². The molecule has 0 aliphatic heterocycles. The van der Waals surface area contributed by atoms with Gasteiger partial charge in [0.05, 0.1) is 11.7 Å². The molecule has 1 aliphatic carbocycles. The van der Waals surface area contributed by atoms with E-state index >= 15 is 0 Å². The summed E-state index contributed by atoms with van der Waals surface area (Å²) in [6, 6.07) is 10.7. The molecule has 2 aromatic carbocycles. The molecule has 0 aromatic heterocycles. The van der Waals surface area contributed by atoms with Crippen LogP contribution in [0.5, 0.6) is 5.75 Å². The molecule has 0 bridgehead atoms. The molecule has 7 heteroatoms. The molecule has 2 atom stereocenters. The van der Waals surface area contributed by atoms with Crippen LogP contribution in [0.2, 0.25) is 0 Å². The number of benzene rings is 2. The van der Waals surface area contributed by atoms with E-state index in [0.717, 1.165) is 36.1 Å².